The summed E-state index contributed by atoms with van der Waals surface area (Å²) in [5.74, 6) is 0.133. The van der Waals surface area contributed by atoms with Crippen LogP contribution in [0.3, 0.4) is 0 Å². The fraction of sp³-hybridized carbons (Fsp3) is 0.562. The summed E-state index contributed by atoms with van der Waals surface area (Å²) in [7, 11) is 3.97. The molecule has 2 N–H and O–H groups in total. The van der Waals surface area contributed by atoms with Crippen molar-refractivity contribution in [2.24, 2.45) is 5.73 Å². The Morgan fingerprint density at radius 3 is 2.76 bits per heavy atom. The van der Waals surface area contributed by atoms with Crippen LogP contribution in [0.4, 0.5) is 5.69 Å². The lowest BCUT2D eigenvalue weighted by Gasteiger charge is -2.22. The molecule has 1 aliphatic rings. The van der Waals surface area contributed by atoms with Gasteiger partial charge in [-0.05, 0) is 31.2 Å². The van der Waals surface area contributed by atoms with Gasteiger partial charge in [0.2, 0.25) is 0 Å². The van der Waals surface area contributed by atoms with Gasteiger partial charge in [-0.2, -0.15) is 0 Å². The molecule has 1 aliphatic heterocycles. The summed E-state index contributed by atoms with van der Waals surface area (Å²) >= 11 is 0. The van der Waals surface area contributed by atoms with Crippen molar-refractivity contribution in [3.63, 3.8) is 0 Å². The van der Waals surface area contributed by atoms with Gasteiger partial charge in [0, 0.05) is 58.1 Å². The maximum atomic E-state index is 12.7. The highest BCUT2D eigenvalue weighted by Gasteiger charge is 2.20. The topological polar surface area (TPSA) is 52.8 Å². The number of nitrogens with zero attached hydrogens (tertiary/aromatic N) is 3. The maximum absolute atomic E-state index is 12.7. The summed E-state index contributed by atoms with van der Waals surface area (Å²) in [6, 6.07) is 7.83. The average Bonchev–Trinajstić information content (AvgIpc) is 2.73. The minimum absolute atomic E-state index is 0.133. The van der Waals surface area contributed by atoms with Gasteiger partial charge in [-0.15, -0.1) is 0 Å². The van der Waals surface area contributed by atoms with E-state index < -0.39 is 0 Å². The second-order valence-corrected chi connectivity index (χ2v) is 5.72. The lowest BCUT2D eigenvalue weighted by molar-refractivity contribution is 0.0761. The lowest BCUT2D eigenvalue weighted by Crippen LogP contribution is -2.36. The predicted octanol–water partition coefficient (Wildman–Crippen LogP) is 0.859. The Morgan fingerprint density at radius 2 is 2.05 bits per heavy atom. The van der Waals surface area contributed by atoms with Gasteiger partial charge in [-0.25, -0.2) is 0 Å². The van der Waals surface area contributed by atoms with Crippen LogP contribution in [0.2, 0.25) is 0 Å². The molecule has 116 valence electrons. The SMILES string of the molecule is CN(C)c1cccc(C(=O)N2CCCN(CCN)CC2)c1. The number of benzene rings is 1. The van der Waals surface area contributed by atoms with E-state index in [0.717, 1.165) is 50.4 Å². The molecule has 1 amide bonds. The molecule has 0 bridgehead atoms. The molecule has 5 nitrogen and oxygen atoms in total. The van der Waals surface area contributed by atoms with Gasteiger partial charge < -0.3 is 20.4 Å². The molecule has 1 heterocycles. The van der Waals surface area contributed by atoms with Crippen molar-refractivity contribution >= 4 is 11.6 Å². The van der Waals surface area contributed by atoms with E-state index in [0.29, 0.717) is 6.54 Å². The maximum Gasteiger partial charge on any atom is 0.253 e. The number of nitrogens with two attached hydrogens (primary N) is 1. The first kappa shape index (κ1) is 15.8. The van der Waals surface area contributed by atoms with Crippen LogP contribution in [0.5, 0.6) is 0 Å². The molecule has 0 aliphatic carbocycles. The monoisotopic (exact) mass is 290 g/mol. The van der Waals surface area contributed by atoms with E-state index in [2.05, 4.69) is 4.90 Å². The van der Waals surface area contributed by atoms with Crippen LogP contribution in [-0.2, 0) is 0 Å². The zero-order valence-corrected chi connectivity index (χ0v) is 13.1. The largest absolute Gasteiger partial charge is 0.378 e. The van der Waals surface area contributed by atoms with E-state index in [1.807, 2.05) is 48.2 Å². The summed E-state index contributed by atoms with van der Waals surface area (Å²) in [6.07, 6.45) is 1.01. The van der Waals surface area contributed by atoms with Crippen LogP contribution < -0.4 is 10.6 Å². The minimum atomic E-state index is 0.133. The first-order chi connectivity index (χ1) is 10.1. The molecule has 0 unspecified atom stereocenters. The highest BCUT2D eigenvalue weighted by Crippen LogP contribution is 2.16. The van der Waals surface area contributed by atoms with Gasteiger partial charge in [0.25, 0.3) is 5.91 Å². The van der Waals surface area contributed by atoms with Crippen molar-refractivity contribution in [1.29, 1.82) is 0 Å². The minimum Gasteiger partial charge on any atom is -0.378 e. The van der Waals surface area contributed by atoms with Crippen LogP contribution in [0.15, 0.2) is 24.3 Å². The molecule has 0 saturated carbocycles. The first-order valence-corrected chi connectivity index (χ1v) is 7.61. The van der Waals surface area contributed by atoms with E-state index in [1.54, 1.807) is 0 Å². The van der Waals surface area contributed by atoms with Gasteiger partial charge in [0.1, 0.15) is 0 Å². The van der Waals surface area contributed by atoms with Gasteiger partial charge in [-0.1, -0.05) is 6.07 Å². The third kappa shape index (κ3) is 4.19. The van der Waals surface area contributed by atoms with Gasteiger partial charge in [-0.3, -0.25) is 4.79 Å². The van der Waals surface area contributed by atoms with Crippen molar-refractivity contribution < 1.29 is 4.79 Å². The fourth-order valence-corrected chi connectivity index (χ4v) is 2.68. The normalized spacial score (nSPS) is 16.6. The zero-order valence-electron chi connectivity index (χ0n) is 13.1. The Balaban J connectivity index is 2.04. The molecular weight excluding hydrogens is 264 g/mol. The Labute approximate surface area is 127 Å². The summed E-state index contributed by atoms with van der Waals surface area (Å²) in [5.41, 5.74) is 7.44. The standard InChI is InChI=1S/C16H26N4O/c1-18(2)15-6-3-5-14(13-15)16(21)20-9-4-8-19(10-7-17)11-12-20/h3,5-6,13H,4,7-12,17H2,1-2H3. The van der Waals surface area contributed by atoms with Crippen LogP contribution in [0.25, 0.3) is 0 Å². The summed E-state index contributed by atoms with van der Waals surface area (Å²) in [6.45, 7) is 5.14. The molecule has 2 rings (SSSR count). The molecule has 0 spiro atoms. The van der Waals surface area contributed by atoms with E-state index >= 15 is 0 Å². The summed E-state index contributed by atoms with van der Waals surface area (Å²) in [5, 5.41) is 0. The zero-order chi connectivity index (χ0) is 15.2. The second kappa shape index (κ2) is 7.43. The molecule has 0 atom stereocenters. The number of hydrogen-bond acceptors (Lipinski definition) is 4. The third-order valence-electron chi connectivity index (χ3n) is 3.93. The highest BCUT2D eigenvalue weighted by molar-refractivity contribution is 5.95. The van der Waals surface area contributed by atoms with E-state index in [9.17, 15) is 4.79 Å². The predicted molar refractivity (Wildman–Crippen MR) is 86.8 cm³/mol. The Bertz CT molecular complexity index is 475. The molecule has 0 radical (unpaired) electrons. The highest BCUT2D eigenvalue weighted by atomic mass is 16.2. The van der Waals surface area contributed by atoms with Crippen molar-refractivity contribution in [3.8, 4) is 0 Å². The van der Waals surface area contributed by atoms with Crippen molar-refractivity contribution in [2.45, 2.75) is 6.42 Å². The average molecular weight is 290 g/mol. The molecule has 0 aromatic heterocycles. The number of carbonyl (C=O) groups excluding carboxylic acids is 1. The van der Waals surface area contributed by atoms with Crippen LogP contribution in [-0.4, -0.2) is 69.1 Å². The Hall–Kier alpha value is -1.59. The van der Waals surface area contributed by atoms with Gasteiger partial charge >= 0.3 is 0 Å². The summed E-state index contributed by atoms with van der Waals surface area (Å²) in [4.78, 5) is 19.0. The fourth-order valence-electron chi connectivity index (χ4n) is 2.68. The molecule has 21 heavy (non-hydrogen) atoms. The quantitative estimate of drug-likeness (QED) is 0.893. The lowest BCUT2D eigenvalue weighted by atomic mass is 10.1. The van der Waals surface area contributed by atoms with Crippen LogP contribution >= 0.6 is 0 Å². The van der Waals surface area contributed by atoms with Crippen LogP contribution in [0.1, 0.15) is 16.8 Å². The summed E-state index contributed by atoms with van der Waals surface area (Å²) < 4.78 is 0. The molecule has 1 saturated heterocycles. The second-order valence-electron chi connectivity index (χ2n) is 5.72. The number of amides is 1. The molecule has 1 aromatic rings. The first-order valence-electron chi connectivity index (χ1n) is 7.61. The Kier molecular flexibility index (Phi) is 5.59. The van der Waals surface area contributed by atoms with Gasteiger partial charge in [0.15, 0.2) is 0 Å². The van der Waals surface area contributed by atoms with E-state index in [4.69, 9.17) is 5.73 Å². The van der Waals surface area contributed by atoms with E-state index in [1.165, 1.54) is 0 Å². The number of anilines is 1. The third-order valence-corrected chi connectivity index (χ3v) is 3.93. The van der Waals surface area contributed by atoms with Crippen molar-refractivity contribution in [2.75, 3.05) is 58.3 Å². The smallest absolute Gasteiger partial charge is 0.253 e. The molecular formula is C16H26N4O. The molecule has 1 fully saturated rings. The molecule has 5 heteroatoms. The van der Waals surface area contributed by atoms with E-state index in [-0.39, 0.29) is 5.91 Å². The van der Waals surface area contributed by atoms with Crippen molar-refractivity contribution in [3.05, 3.63) is 29.8 Å². The van der Waals surface area contributed by atoms with Crippen molar-refractivity contribution in [1.82, 2.24) is 9.80 Å². The Morgan fingerprint density at radius 1 is 1.24 bits per heavy atom. The molecule has 1 aromatic carbocycles. The van der Waals surface area contributed by atoms with Crippen LogP contribution in [0, 0.1) is 0 Å². The number of carbonyl (C=O) groups is 1. The number of rotatable bonds is 4. The number of hydrogen-bond donors (Lipinski definition) is 1. The van der Waals surface area contributed by atoms with Gasteiger partial charge in [0.05, 0.1) is 0 Å².